The SMILES string of the molecule is CNC(=O)c1cc(Oc2ccc3nc(NC(C)C4CCCCC4)oc3c2)ccn1. The van der Waals surface area contributed by atoms with Gasteiger partial charge in [-0.3, -0.25) is 9.78 Å². The van der Waals surface area contributed by atoms with Gasteiger partial charge in [-0.05, 0) is 43.9 Å². The molecule has 1 unspecified atom stereocenters. The highest BCUT2D eigenvalue weighted by atomic mass is 16.5. The molecule has 0 bridgehead atoms. The summed E-state index contributed by atoms with van der Waals surface area (Å²) in [7, 11) is 1.57. The first-order valence-electron chi connectivity index (χ1n) is 10.2. The van der Waals surface area contributed by atoms with Crippen LogP contribution >= 0.6 is 0 Å². The molecule has 7 nitrogen and oxygen atoms in total. The maximum absolute atomic E-state index is 11.7. The number of oxazole rings is 1. The van der Waals surface area contributed by atoms with Gasteiger partial charge in [0, 0.05) is 31.4 Å². The number of nitrogens with zero attached hydrogens (tertiary/aromatic N) is 2. The molecule has 7 heteroatoms. The Bertz CT molecular complexity index is 995. The van der Waals surface area contributed by atoms with Gasteiger partial charge in [-0.2, -0.15) is 4.98 Å². The van der Waals surface area contributed by atoms with E-state index in [2.05, 4.69) is 27.5 Å². The highest BCUT2D eigenvalue weighted by Crippen LogP contribution is 2.30. The van der Waals surface area contributed by atoms with Crippen LogP contribution in [-0.4, -0.2) is 29.0 Å². The Kier molecular flexibility index (Phi) is 5.64. The van der Waals surface area contributed by atoms with E-state index in [0.717, 1.165) is 5.52 Å². The van der Waals surface area contributed by atoms with Gasteiger partial charge in [-0.1, -0.05) is 19.3 Å². The molecule has 0 radical (unpaired) electrons. The summed E-state index contributed by atoms with van der Waals surface area (Å²) in [6.45, 7) is 2.20. The smallest absolute Gasteiger partial charge is 0.295 e. The first-order valence-corrected chi connectivity index (χ1v) is 10.2. The predicted molar refractivity (Wildman–Crippen MR) is 111 cm³/mol. The zero-order chi connectivity index (χ0) is 20.2. The molecule has 1 saturated carbocycles. The Morgan fingerprint density at radius 3 is 2.76 bits per heavy atom. The number of hydrogen-bond donors (Lipinski definition) is 2. The first kappa shape index (κ1) is 19.2. The van der Waals surface area contributed by atoms with Crippen LogP contribution in [0.3, 0.4) is 0 Å². The molecule has 1 aliphatic carbocycles. The van der Waals surface area contributed by atoms with Gasteiger partial charge in [0.25, 0.3) is 11.9 Å². The maximum Gasteiger partial charge on any atom is 0.295 e. The van der Waals surface area contributed by atoms with Gasteiger partial charge < -0.3 is 19.8 Å². The zero-order valence-corrected chi connectivity index (χ0v) is 16.8. The molecule has 2 heterocycles. The lowest BCUT2D eigenvalue weighted by atomic mass is 9.85. The Morgan fingerprint density at radius 1 is 1.17 bits per heavy atom. The Balaban J connectivity index is 1.47. The van der Waals surface area contributed by atoms with Crippen molar-refractivity contribution in [1.82, 2.24) is 15.3 Å². The number of benzene rings is 1. The number of amides is 1. The summed E-state index contributed by atoms with van der Waals surface area (Å²) >= 11 is 0. The van der Waals surface area contributed by atoms with Crippen molar-refractivity contribution in [3.63, 3.8) is 0 Å². The summed E-state index contributed by atoms with van der Waals surface area (Å²) in [6, 6.07) is 9.68. The van der Waals surface area contributed by atoms with Crippen molar-refractivity contribution in [3.8, 4) is 11.5 Å². The highest BCUT2D eigenvalue weighted by molar-refractivity contribution is 5.92. The van der Waals surface area contributed by atoms with Crippen LogP contribution in [0.2, 0.25) is 0 Å². The van der Waals surface area contributed by atoms with Gasteiger partial charge in [0.2, 0.25) is 0 Å². The van der Waals surface area contributed by atoms with Crippen LogP contribution < -0.4 is 15.4 Å². The fraction of sp³-hybridized carbons (Fsp3) is 0.409. The van der Waals surface area contributed by atoms with Gasteiger partial charge in [0.1, 0.15) is 22.7 Å². The molecule has 1 atom stereocenters. The number of aromatic nitrogens is 2. The monoisotopic (exact) mass is 394 g/mol. The molecule has 1 aromatic carbocycles. The molecule has 4 rings (SSSR count). The van der Waals surface area contributed by atoms with Gasteiger partial charge >= 0.3 is 0 Å². The summed E-state index contributed by atoms with van der Waals surface area (Å²) in [4.78, 5) is 20.3. The number of hydrogen-bond acceptors (Lipinski definition) is 6. The van der Waals surface area contributed by atoms with E-state index >= 15 is 0 Å². The van der Waals surface area contributed by atoms with Gasteiger partial charge in [-0.15, -0.1) is 0 Å². The molecule has 0 spiro atoms. The van der Waals surface area contributed by atoms with Crippen molar-refractivity contribution in [2.75, 3.05) is 12.4 Å². The van der Waals surface area contributed by atoms with Crippen molar-refractivity contribution in [2.24, 2.45) is 5.92 Å². The molecular weight excluding hydrogens is 368 g/mol. The van der Waals surface area contributed by atoms with Crippen molar-refractivity contribution in [2.45, 2.75) is 45.1 Å². The van der Waals surface area contributed by atoms with Gasteiger partial charge in [-0.25, -0.2) is 0 Å². The Hall–Kier alpha value is -3.09. The number of rotatable bonds is 6. The fourth-order valence-electron chi connectivity index (χ4n) is 3.84. The summed E-state index contributed by atoms with van der Waals surface area (Å²) in [5, 5.41) is 5.98. The second kappa shape index (κ2) is 8.51. The van der Waals surface area contributed by atoms with Crippen molar-refractivity contribution in [3.05, 3.63) is 42.2 Å². The normalized spacial score (nSPS) is 15.8. The average molecular weight is 394 g/mol. The second-order valence-corrected chi connectivity index (χ2v) is 7.54. The van der Waals surface area contributed by atoms with E-state index in [4.69, 9.17) is 9.15 Å². The summed E-state index contributed by atoms with van der Waals surface area (Å²) in [5.74, 6) is 1.54. The third-order valence-electron chi connectivity index (χ3n) is 5.49. The van der Waals surface area contributed by atoms with Crippen LogP contribution in [0.4, 0.5) is 6.01 Å². The molecule has 0 aliphatic heterocycles. The quantitative estimate of drug-likeness (QED) is 0.627. The molecule has 1 fully saturated rings. The minimum absolute atomic E-state index is 0.260. The molecular formula is C22H26N4O3. The molecule has 3 aromatic rings. The molecule has 2 N–H and O–H groups in total. The lowest BCUT2D eigenvalue weighted by molar-refractivity contribution is 0.0958. The predicted octanol–water partition coefficient (Wildman–Crippen LogP) is 4.76. The van der Waals surface area contributed by atoms with Gasteiger partial charge in [0.15, 0.2) is 5.58 Å². The number of nitrogens with one attached hydrogen (secondary N) is 2. The highest BCUT2D eigenvalue weighted by Gasteiger charge is 2.21. The third-order valence-corrected chi connectivity index (χ3v) is 5.49. The molecule has 29 heavy (non-hydrogen) atoms. The Morgan fingerprint density at radius 2 is 1.97 bits per heavy atom. The lowest BCUT2D eigenvalue weighted by Crippen LogP contribution is -2.27. The van der Waals surface area contributed by atoms with Crippen LogP contribution in [0.1, 0.15) is 49.5 Å². The minimum atomic E-state index is -0.260. The van der Waals surface area contributed by atoms with Crippen molar-refractivity contribution < 1.29 is 13.9 Å². The maximum atomic E-state index is 11.7. The molecule has 1 amide bonds. The summed E-state index contributed by atoms with van der Waals surface area (Å²) in [6.07, 6.45) is 8.02. The average Bonchev–Trinajstić information content (AvgIpc) is 3.15. The standard InChI is InChI=1S/C22H26N4O3/c1-14(15-6-4-3-5-7-15)25-22-26-18-9-8-16(13-20(18)29-22)28-17-10-11-24-19(12-17)21(27)23-2/h8-15H,3-7H2,1-2H3,(H,23,27)(H,25,26). The van der Waals surface area contributed by atoms with E-state index in [-0.39, 0.29) is 5.91 Å². The fourth-order valence-corrected chi connectivity index (χ4v) is 3.84. The number of carbonyl (C=O) groups is 1. The van der Waals surface area contributed by atoms with E-state index in [9.17, 15) is 4.79 Å². The van der Waals surface area contributed by atoms with Gasteiger partial charge in [0.05, 0.1) is 0 Å². The van der Waals surface area contributed by atoms with E-state index in [1.807, 2.05) is 12.1 Å². The molecule has 0 saturated heterocycles. The van der Waals surface area contributed by atoms with Crippen LogP contribution in [-0.2, 0) is 0 Å². The second-order valence-electron chi connectivity index (χ2n) is 7.54. The van der Waals surface area contributed by atoms with Crippen LogP contribution in [0.25, 0.3) is 11.1 Å². The number of pyridine rings is 1. The van der Waals surface area contributed by atoms with Crippen LogP contribution in [0.5, 0.6) is 11.5 Å². The number of ether oxygens (including phenoxy) is 1. The van der Waals surface area contributed by atoms with Crippen molar-refractivity contribution in [1.29, 1.82) is 0 Å². The molecule has 1 aliphatic rings. The van der Waals surface area contributed by atoms with E-state index in [1.54, 1.807) is 31.4 Å². The van der Waals surface area contributed by atoms with Crippen molar-refractivity contribution >= 4 is 23.0 Å². The molecule has 2 aromatic heterocycles. The summed E-state index contributed by atoms with van der Waals surface area (Å²) in [5.41, 5.74) is 1.73. The zero-order valence-electron chi connectivity index (χ0n) is 16.8. The minimum Gasteiger partial charge on any atom is -0.457 e. The Labute approximate surface area is 169 Å². The lowest BCUT2D eigenvalue weighted by Gasteiger charge is -2.27. The number of anilines is 1. The van der Waals surface area contributed by atoms with Crippen LogP contribution in [0.15, 0.2) is 40.9 Å². The first-order chi connectivity index (χ1) is 14.1. The molecule has 152 valence electrons. The van der Waals surface area contributed by atoms with E-state index in [1.165, 1.54) is 32.1 Å². The third kappa shape index (κ3) is 4.50. The largest absolute Gasteiger partial charge is 0.457 e. The van der Waals surface area contributed by atoms with E-state index in [0.29, 0.717) is 40.8 Å². The number of fused-ring (bicyclic) bond motifs is 1. The van der Waals surface area contributed by atoms with Crippen LogP contribution in [0, 0.1) is 5.92 Å². The number of carbonyl (C=O) groups excluding carboxylic acids is 1. The summed E-state index contributed by atoms with van der Waals surface area (Å²) < 4.78 is 11.8. The topological polar surface area (TPSA) is 89.3 Å². The van der Waals surface area contributed by atoms with E-state index < -0.39 is 0 Å².